The molecule has 0 amide bonds. The molecule has 1 aliphatic rings. The maximum absolute atomic E-state index is 10.8. The summed E-state index contributed by atoms with van der Waals surface area (Å²) in [7, 11) is 1.57. The van der Waals surface area contributed by atoms with Crippen molar-refractivity contribution in [1.82, 2.24) is 4.90 Å². The van der Waals surface area contributed by atoms with Gasteiger partial charge in [-0.3, -0.25) is 4.90 Å². The Morgan fingerprint density at radius 3 is 2.20 bits per heavy atom. The van der Waals surface area contributed by atoms with Gasteiger partial charge < -0.3 is 20.1 Å². The van der Waals surface area contributed by atoms with Crippen LogP contribution in [0, 0.1) is 0 Å². The summed E-state index contributed by atoms with van der Waals surface area (Å²) in [5.41, 5.74) is 3.12. The van der Waals surface area contributed by atoms with E-state index in [4.69, 9.17) is 16.3 Å². The quantitative estimate of drug-likeness (QED) is 0.768. The molecule has 6 heteroatoms. The molecule has 0 saturated carbocycles. The number of rotatable bonds is 4. The van der Waals surface area contributed by atoms with Gasteiger partial charge in [0.05, 0.1) is 12.1 Å². The fraction of sp³-hybridized carbons (Fsp3) is 0.368. The summed E-state index contributed by atoms with van der Waals surface area (Å²) in [5, 5.41) is 31.5. The second kappa shape index (κ2) is 6.75. The van der Waals surface area contributed by atoms with Crippen molar-refractivity contribution in [3.63, 3.8) is 0 Å². The van der Waals surface area contributed by atoms with Gasteiger partial charge in [-0.15, -0.1) is 0 Å². The number of phenolic OH excluding ortho intramolecular Hbond substituents is 2. The van der Waals surface area contributed by atoms with Gasteiger partial charge in [0.15, 0.2) is 0 Å². The summed E-state index contributed by atoms with van der Waals surface area (Å²) in [4.78, 5) is 1.83. The predicted molar refractivity (Wildman–Crippen MR) is 96.1 cm³/mol. The third-order valence-corrected chi connectivity index (χ3v) is 4.94. The summed E-state index contributed by atoms with van der Waals surface area (Å²) in [6.07, 6.45) is -0.990. The number of halogens is 1. The summed E-state index contributed by atoms with van der Waals surface area (Å²) in [5.74, 6) is 0.586. The molecule has 0 fully saturated rings. The zero-order valence-corrected chi connectivity index (χ0v) is 15.2. The molecule has 2 aromatic rings. The Morgan fingerprint density at radius 2 is 1.60 bits per heavy atom. The number of aliphatic hydroxyl groups is 1. The van der Waals surface area contributed by atoms with Gasteiger partial charge in [-0.2, -0.15) is 0 Å². The van der Waals surface area contributed by atoms with E-state index in [0.29, 0.717) is 35.0 Å². The third kappa shape index (κ3) is 3.27. The first-order chi connectivity index (χ1) is 11.8. The molecule has 3 N–H and O–H groups in total. The highest BCUT2D eigenvalue weighted by Crippen LogP contribution is 2.40. The van der Waals surface area contributed by atoms with Crippen LogP contribution in [0.15, 0.2) is 24.3 Å². The molecule has 5 nitrogen and oxygen atoms in total. The van der Waals surface area contributed by atoms with E-state index in [0.717, 1.165) is 11.1 Å². The summed E-state index contributed by atoms with van der Waals surface area (Å²) in [6, 6.07) is 6.67. The Hall–Kier alpha value is -1.95. The molecular formula is C19H22ClNO4. The molecular weight excluding hydrogens is 342 g/mol. The number of benzene rings is 2. The highest BCUT2D eigenvalue weighted by molar-refractivity contribution is 6.32. The molecule has 134 valence electrons. The lowest BCUT2D eigenvalue weighted by Gasteiger charge is -2.24. The summed E-state index contributed by atoms with van der Waals surface area (Å²) >= 11 is 6.18. The molecule has 0 aliphatic carbocycles. The smallest absolute Gasteiger partial charge is 0.137 e. The van der Waals surface area contributed by atoms with Crippen molar-refractivity contribution in [1.29, 1.82) is 0 Å². The first-order valence-corrected chi connectivity index (χ1v) is 8.52. The minimum absolute atomic E-state index is 0.0321. The van der Waals surface area contributed by atoms with Crippen LogP contribution in [0.4, 0.5) is 0 Å². The lowest BCUT2D eigenvalue weighted by atomic mass is 9.98. The fourth-order valence-corrected chi connectivity index (χ4v) is 3.49. The molecule has 1 atom stereocenters. The fourth-order valence-electron chi connectivity index (χ4n) is 3.23. The van der Waals surface area contributed by atoms with E-state index in [-0.39, 0.29) is 17.4 Å². The Morgan fingerprint density at radius 1 is 1.00 bits per heavy atom. The van der Waals surface area contributed by atoms with Gasteiger partial charge in [0.1, 0.15) is 23.5 Å². The van der Waals surface area contributed by atoms with Crippen LogP contribution in [0.25, 0.3) is 0 Å². The van der Waals surface area contributed by atoms with Crippen molar-refractivity contribution in [2.24, 2.45) is 0 Å². The number of hydrogen-bond acceptors (Lipinski definition) is 5. The molecule has 2 aromatic carbocycles. The number of methoxy groups -OCH3 is 1. The highest BCUT2D eigenvalue weighted by atomic mass is 35.5. The van der Waals surface area contributed by atoms with E-state index in [1.165, 1.54) is 6.07 Å². The molecule has 1 aliphatic heterocycles. The van der Waals surface area contributed by atoms with Gasteiger partial charge in [0, 0.05) is 24.7 Å². The largest absolute Gasteiger partial charge is 0.508 e. The van der Waals surface area contributed by atoms with E-state index in [1.807, 2.05) is 30.9 Å². The first-order valence-electron chi connectivity index (χ1n) is 8.15. The van der Waals surface area contributed by atoms with Crippen LogP contribution < -0.4 is 4.74 Å². The summed E-state index contributed by atoms with van der Waals surface area (Å²) in [6.45, 7) is 4.92. The zero-order valence-electron chi connectivity index (χ0n) is 14.5. The molecule has 0 bridgehead atoms. The zero-order chi connectivity index (χ0) is 18.3. The van der Waals surface area contributed by atoms with Crippen LogP contribution in [0.5, 0.6) is 17.2 Å². The number of phenols is 2. The highest BCUT2D eigenvalue weighted by Gasteiger charge is 2.29. The van der Waals surface area contributed by atoms with Gasteiger partial charge in [-0.05, 0) is 40.8 Å². The number of hydrogen-bond donors (Lipinski definition) is 3. The molecule has 1 unspecified atom stereocenters. The van der Waals surface area contributed by atoms with Gasteiger partial charge in [-0.25, -0.2) is 0 Å². The van der Waals surface area contributed by atoms with Gasteiger partial charge in [0.25, 0.3) is 0 Å². The van der Waals surface area contributed by atoms with Crippen LogP contribution >= 0.6 is 11.6 Å². The lowest BCUT2D eigenvalue weighted by molar-refractivity contribution is -0.00340. The second-order valence-electron chi connectivity index (χ2n) is 6.66. The van der Waals surface area contributed by atoms with Gasteiger partial charge in [-0.1, -0.05) is 25.4 Å². The molecule has 1 heterocycles. The average molecular weight is 364 g/mol. The maximum atomic E-state index is 10.8. The normalized spacial score (nSPS) is 15.4. The maximum Gasteiger partial charge on any atom is 0.137 e. The SMILES string of the molecule is COc1cc2c(cc1Cl)CN(C(O)c1cc(C(C)C)c(O)cc1O)C2. The number of fused-ring (bicyclic) bond motifs is 1. The number of ether oxygens (including phenoxy) is 1. The van der Waals surface area contributed by atoms with Crippen molar-refractivity contribution < 1.29 is 20.1 Å². The number of nitrogens with zero attached hydrogens (tertiary/aromatic N) is 1. The second-order valence-corrected chi connectivity index (χ2v) is 7.07. The molecule has 0 spiro atoms. The van der Waals surface area contributed by atoms with E-state index < -0.39 is 6.23 Å². The monoisotopic (exact) mass is 363 g/mol. The Bertz CT molecular complexity index is 806. The van der Waals surface area contributed by atoms with Crippen LogP contribution in [0.1, 0.15) is 48.2 Å². The minimum atomic E-state index is -0.990. The van der Waals surface area contributed by atoms with Crippen molar-refractivity contribution >= 4 is 11.6 Å². The molecule has 3 rings (SSSR count). The topological polar surface area (TPSA) is 73.2 Å². The van der Waals surface area contributed by atoms with E-state index in [1.54, 1.807) is 13.2 Å². The van der Waals surface area contributed by atoms with Gasteiger partial charge >= 0.3 is 0 Å². The van der Waals surface area contributed by atoms with Crippen LogP contribution in [0.3, 0.4) is 0 Å². The molecule has 0 aromatic heterocycles. The number of aromatic hydroxyl groups is 2. The van der Waals surface area contributed by atoms with Crippen molar-refractivity contribution in [2.75, 3.05) is 7.11 Å². The Balaban J connectivity index is 1.90. The van der Waals surface area contributed by atoms with Crippen molar-refractivity contribution in [3.8, 4) is 17.2 Å². The Kier molecular flexibility index (Phi) is 4.82. The molecule has 25 heavy (non-hydrogen) atoms. The van der Waals surface area contributed by atoms with E-state index in [2.05, 4.69) is 0 Å². The van der Waals surface area contributed by atoms with Crippen LogP contribution in [-0.2, 0) is 13.1 Å². The van der Waals surface area contributed by atoms with Crippen LogP contribution in [0.2, 0.25) is 5.02 Å². The van der Waals surface area contributed by atoms with E-state index >= 15 is 0 Å². The summed E-state index contributed by atoms with van der Waals surface area (Å²) < 4.78 is 5.24. The third-order valence-electron chi connectivity index (χ3n) is 4.64. The minimum Gasteiger partial charge on any atom is -0.508 e. The van der Waals surface area contributed by atoms with Crippen LogP contribution in [-0.4, -0.2) is 27.3 Å². The number of aliphatic hydroxyl groups excluding tert-OH is 1. The van der Waals surface area contributed by atoms with Gasteiger partial charge in [0.2, 0.25) is 0 Å². The van der Waals surface area contributed by atoms with E-state index in [9.17, 15) is 15.3 Å². The Labute approximate surface area is 152 Å². The standard InChI is InChI=1S/C19H22ClNO4/c1-10(2)13-6-14(17(23)7-16(13)22)19(24)21-8-11-4-15(20)18(25-3)5-12(11)9-21/h4-7,10,19,22-24H,8-9H2,1-3H3. The lowest BCUT2D eigenvalue weighted by Crippen LogP contribution is -2.23. The molecule has 0 saturated heterocycles. The predicted octanol–water partition coefficient (Wildman–Crippen LogP) is 3.89. The van der Waals surface area contributed by atoms with Crippen molar-refractivity contribution in [3.05, 3.63) is 51.5 Å². The van der Waals surface area contributed by atoms with Crippen molar-refractivity contribution in [2.45, 2.75) is 39.1 Å². The first kappa shape index (κ1) is 17.9. The molecule has 0 radical (unpaired) electrons. The average Bonchev–Trinajstić information content (AvgIpc) is 2.95.